The van der Waals surface area contributed by atoms with Crippen molar-refractivity contribution >= 4 is 17.5 Å². The quantitative estimate of drug-likeness (QED) is 0.810. The Morgan fingerprint density at radius 2 is 1.95 bits per heavy atom. The van der Waals surface area contributed by atoms with E-state index in [0.29, 0.717) is 0 Å². The number of hydrogen-bond acceptors (Lipinski definition) is 3. The van der Waals surface area contributed by atoms with Crippen molar-refractivity contribution < 1.29 is 18.4 Å². The van der Waals surface area contributed by atoms with Crippen LogP contribution in [0.15, 0.2) is 12.1 Å². The molecule has 0 aliphatic rings. The van der Waals surface area contributed by atoms with E-state index in [2.05, 4.69) is 5.32 Å². The lowest BCUT2D eigenvalue weighted by atomic mass is 10.1. The minimum absolute atomic E-state index is 0.0906. The molecular weight excluding hydrogens is 280 g/mol. The Balaban J connectivity index is 3.00. The maximum absolute atomic E-state index is 13.8. The summed E-state index contributed by atoms with van der Waals surface area (Å²) in [6.45, 7) is 5.02. The number of benzene rings is 1. The number of carbonyl (C=O) groups is 2. The fourth-order valence-corrected chi connectivity index (χ4v) is 1.79. The second kappa shape index (κ2) is 7.01. The van der Waals surface area contributed by atoms with Crippen LogP contribution in [0.1, 0.15) is 31.1 Å². The van der Waals surface area contributed by atoms with E-state index in [1.54, 1.807) is 20.8 Å². The second-order valence-electron chi connectivity index (χ2n) is 4.87. The number of nitrogens with two attached hydrogens (primary N) is 1. The van der Waals surface area contributed by atoms with Gasteiger partial charge in [0.25, 0.3) is 5.91 Å². The van der Waals surface area contributed by atoms with Crippen molar-refractivity contribution in [3.8, 4) is 0 Å². The van der Waals surface area contributed by atoms with Gasteiger partial charge in [-0.1, -0.05) is 0 Å². The van der Waals surface area contributed by atoms with E-state index < -0.39 is 29.0 Å². The minimum atomic E-state index is -1.11. The van der Waals surface area contributed by atoms with Crippen LogP contribution in [0.25, 0.3) is 0 Å². The molecule has 7 heteroatoms. The number of nitrogen functional groups attached to an aromatic ring is 1. The number of halogens is 2. The monoisotopic (exact) mass is 299 g/mol. The Labute approximate surface area is 122 Å². The standard InChI is InChI=1S/C14H19F2N3O2/c1-4-19(7-11(20)18-8(2)3)14(21)12-9(15)5-6-10(17)13(12)16/h5-6,8H,4,7,17H2,1-3H3,(H,18,20). The highest BCUT2D eigenvalue weighted by Crippen LogP contribution is 2.20. The number of rotatable bonds is 5. The number of likely N-dealkylation sites (N-methyl/N-ethyl adjacent to an activating group) is 1. The van der Waals surface area contributed by atoms with Crippen molar-refractivity contribution in [2.24, 2.45) is 0 Å². The van der Waals surface area contributed by atoms with E-state index in [1.807, 2.05) is 0 Å². The molecule has 1 rings (SSSR count). The summed E-state index contributed by atoms with van der Waals surface area (Å²) in [5, 5.41) is 2.61. The van der Waals surface area contributed by atoms with Crippen LogP contribution in [0.5, 0.6) is 0 Å². The van der Waals surface area contributed by atoms with Crippen molar-refractivity contribution in [1.82, 2.24) is 10.2 Å². The lowest BCUT2D eigenvalue weighted by molar-refractivity contribution is -0.122. The largest absolute Gasteiger partial charge is 0.396 e. The van der Waals surface area contributed by atoms with Crippen molar-refractivity contribution in [2.75, 3.05) is 18.8 Å². The van der Waals surface area contributed by atoms with Gasteiger partial charge in [0.15, 0.2) is 5.82 Å². The molecule has 116 valence electrons. The normalized spacial score (nSPS) is 10.6. The molecule has 0 aliphatic carbocycles. The Morgan fingerprint density at radius 1 is 1.33 bits per heavy atom. The molecule has 0 atom stereocenters. The first-order chi connectivity index (χ1) is 9.77. The van der Waals surface area contributed by atoms with E-state index in [4.69, 9.17) is 5.73 Å². The van der Waals surface area contributed by atoms with Gasteiger partial charge in [0.05, 0.1) is 12.2 Å². The molecule has 2 amide bonds. The highest BCUT2D eigenvalue weighted by molar-refractivity contribution is 5.97. The van der Waals surface area contributed by atoms with Gasteiger partial charge >= 0.3 is 0 Å². The summed E-state index contributed by atoms with van der Waals surface area (Å²) in [6, 6.07) is 1.88. The molecule has 0 heterocycles. The van der Waals surface area contributed by atoms with Gasteiger partial charge in [-0.25, -0.2) is 8.78 Å². The van der Waals surface area contributed by atoms with Crippen LogP contribution in [-0.2, 0) is 4.79 Å². The Bertz CT molecular complexity index is 547. The molecule has 0 spiro atoms. The second-order valence-corrected chi connectivity index (χ2v) is 4.87. The molecule has 0 bridgehead atoms. The summed E-state index contributed by atoms with van der Waals surface area (Å²) in [6.07, 6.45) is 0. The zero-order valence-corrected chi connectivity index (χ0v) is 12.2. The van der Waals surface area contributed by atoms with Crippen LogP contribution < -0.4 is 11.1 Å². The Kier molecular flexibility index (Phi) is 5.63. The molecule has 1 aromatic carbocycles. The van der Waals surface area contributed by atoms with Gasteiger partial charge in [0.2, 0.25) is 5.91 Å². The van der Waals surface area contributed by atoms with Crippen molar-refractivity contribution in [2.45, 2.75) is 26.8 Å². The first-order valence-corrected chi connectivity index (χ1v) is 6.60. The molecule has 1 aromatic rings. The summed E-state index contributed by atoms with van der Waals surface area (Å²) in [5.74, 6) is -3.42. The maximum atomic E-state index is 13.8. The Morgan fingerprint density at radius 3 is 2.48 bits per heavy atom. The average Bonchev–Trinajstić information content (AvgIpc) is 2.39. The zero-order valence-electron chi connectivity index (χ0n) is 12.2. The van der Waals surface area contributed by atoms with Gasteiger partial charge in [0, 0.05) is 12.6 Å². The van der Waals surface area contributed by atoms with E-state index in [-0.39, 0.29) is 24.8 Å². The van der Waals surface area contributed by atoms with Crippen LogP contribution in [-0.4, -0.2) is 35.8 Å². The van der Waals surface area contributed by atoms with Gasteiger partial charge in [0.1, 0.15) is 11.4 Å². The molecule has 0 aliphatic heterocycles. The number of carbonyl (C=O) groups excluding carboxylic acids is 2. The van der Waals surface area contributed by atoms with Crippen molar-refractivity contribution in [3.63, 3.8) is 0 Å². The van der Waals surface area contributed by atoms with E-state index in [1.165, 1.54) is 0 Å². The topological polar surface area (TPSA) is 75.4 Å². The zero-order chi connectivity index (χ0) is 16.2. The molecule has 5 nitrogen and oxygen atoms in total. The summed E-state index contributed by atoms with van der Waals surface area (Å²) >= 11 is 0. The Hall–Kier alpha value is -2.18. The van der Waals surface area contributed by atoms with Crippen LogP contribution in [0.3, 0.4) is 0 Å². The van der Waals surface area contributed by atoms with Gasteiger partial charge in [-0.2, -0.15) is 0 Å². The number of nitrogens with zero attached hydrogens (tertiary/aromatic N) is 1. The van der Waals surface area contributed by atoms with Crippen LogP contribution >= 0.6 is 0 Å². The lowest BCUT2D eigenvalue weighted by Crippen LogP contribution is -2.43. The summed E-state index contributed by atoms with van der Waals surface area (Å²) in [7, 11) is 0. The summed E-state index contributed by atoms with van der Waals surface area (Å²) in [4.78, 5) is 24.9. The molecule has 0 aromatic heterocycles. The molecule has 3 N–H and O–H groups in total. The van der Waals surface area contributed by atoms with Crippen molar-refractivity contribution in [1.29, 1.82) is 0 Å². The van der Waals surface area contributed by atoms with Gasteiger partial charge in [-0.15, -0.1) is 0 Å². The van der Waals surface area contributed by atoms with Crippen LogP contribution in [0.4, 0.5) is 14.5 Å². The van der Waals surface area contributed by atoms with Crippen LogP contribution in [0, 0.1) is 11.6 Å². The minimum Gasteiger partial charge on any atom is -0.396 e. The van der Waals surface area contributed by atoms with E-state index >= 15 is 0 Å². The highest BCUT2D eigenvalue weighted by atomic mass is 19.1. The molecule has 21 heavy (non-hydrogen) atoms. The molecule has 0 radical (unpaired) electrons. The lowest BCUT2D eigenvalue weighted by Gasteiger charge is -2.22. The fourth-order valence-electron chi connectivity index (χ4n) is 1.79. The molecule has 0 fully saturated rings. The summed E-state index contributed by atoms with van der Waals surface area (Å²) < 4.78 is 27.5. The highest BCUT2D eigenvalue weighted by Gasteiger charge is 2.25. The number of anilines is 1. The summed E-state index contributed by atoms with van der Waals surface area (Å²) in [5.41, 5.74) is 4.29. The average molecular weight is 299 g/mol. The molecule has 0 saturated heterocycles. The van der Waals surface area contributed by atoms with E-state index in [9.17, 15) is 18.4 Å². The van der Waals surface area contributed by atoms with Gasteiger partial charge < -0.3 is 16.0 Å². The third kappa shape index (κ3) is 4.14. The van der Waals surface area contributed by atoms with Crippen LogP contribution in [0.2, 0.25) is 0 Å². The van der Waals surface area contributed by atoms with Crippen molar-refractivity contribution in [3.05, 3.63) is 29.3 Å². The smallest absolute Gasteiger partial charge is 0.260 e. The fraction of sp³-hybridized carbons (Fsp3) is 0.429. The SMILES string of the molecule is CCN(CC(=O)NC(C)C)C(=O)c1c(F)ccc(N)c1F. The number of nitrogens with one attached hydrogen (secondary N) is 1. The first kappa shape index (κ1) is 16.9. The predicted octanol–water partition coefficient (Wildman–Crippen LogP) is 1.53. The predicted molar refractivity (Wildman–Crippen MR) is 75.6 cm³/mol. The van der Waals surface area contributed by atoms with Gasteiger partial charge in [-0.05, 0) is 32.9 Å². The molecule has 0 saturated carbocycles. The molecular formula is C14H19F2N3O2. The van der Waals surface area contributed by atoms with E-state index in [0.717, 1.165) is 17.0 Å². The number of hydrogen-bond donors (Lipinski definition) is 2. The maximum Gasteiger partial charge on any atom is 0.260 e. The molecule has 0 unspecified atom stereocenters. The van der Waals surface area contributed by atoms with Gasteiger partial charge in [-0.3, -0.25) is 9.59 Å². The third-order valence-electron chi connectivity index (χ3n) is 2.79. The third-order valence-corrected chi connectivity index (χ3v) is 2.79. The first-order valence-electron chi connectivity index (χ1n) is 6.60. The number of amides is 2.